The van der Waals surface area contributed by atoms with Crippen LogP contribution < -0.4 is 15.8 Å². The zero-order valence-corrected chi connectivity index (χ0v) is 48.1. The van der Waals surface area contributed by atoms with E-state index < -0.39 is 41.4 Å². The van der Waals surface area contributed by atoms with Crippen LogP contribution in [-0.2, 0) is 68.3 Å². The van der Waals surface area contributed by atoms with E-state index in [2.05, 4.69) is 32.8 Å². The van der Waals surface area contributed by atoms with Crippen molar-refractivity contribution in [1.29, 1.82) is 0 Å². The summed E-state index contributed by atoms with van der Waals surface area (Å²) in [4.78, 5) is 51.4. The van der Waals surface area contributed by atoms with Crippen LogP contribution in [0.1, 0.15) is 69.6 Å². The van der Waals surface area contributed by atoms with Crippen molar-refractivity contribution in [2.24, 2.45) is 16.1 Å². The summed E-state index contributed by atoms with van der Waals surface area (Å²) < 4.78 is 113. The number of amides is 2. The monoisotopic (exact) mass is 1160 g/mol. The van der Waals surface area contributed by atoms with E-state index in [-0.39, 0.29) is 43.1 Å². The third-order valence-corrected chi connectivity index (χ3v) is 12.9. The number of hydrogen-bond donors (Lipinski definition) is 2. The van der Waals surface area contributed by atoms with E-state index in [0.717, 1.165) is 56.3 Å². The average Bonchev–Trinajstić information content (AvgIpc) is 3.78. The predicted molar refractivity (Wildman–Crippen MR) is 293 cm³/mol. The van der Waals surface area contributed by atoms with E-state index in [9.17, 15) is 31.9 Å². The number of rotatable bonds is 44. The smallest absolute Gasteiger partial charge is 0.313 e. The van der Waals surface area contributed by atoms with Crippen LogP contribution in [0.4, 0.5) is 23.2 Å². The minimum atomic E-state index is -1.80. The molecule has 0 saturated carbocycles. The maximum atomic E-state index is 13.8. The van der Waals surface area contributed by atoms with Gasteiger partial charge in [0.15, 0.2) is 11.6 Å². The van der Waals surface area contributed by atoms with Crippen LogP contribution in [0.25, 0.3) is 6.08 Å². The molecule has 0 bridgehead atoms. The summed E-state index contributed by atoms with van der Waals surface area (Å²) in [5, 5.41) is 2.99. The number of nitrogens with one attached hydrogen (secondary N) is 1. The van der Waals surface area contributed by atoms with Gasteiger partial charge in [-0.1, -0.05) is 27.7 Å². The number of hydrogen-bond acceptors (Lipinski definition) is 19. The molecule has 0 spiro atoms. The molecule has 1 saturated heterocycles. The van der Waals surface area contributed by atoms with Crippen LogP contribution in [0.3, 0.4) is 0 Å². The molecular weight excluding hydrogens is 1080 g/mol. The molecule has 1 aromatic heterocycles. The first kappa shape index (κ1) is 68.3. The second kappa shape index (κ2) is 40.1. The number of nitrogens with zero attached hydrogens (tertiary/aromatic N) is 4. The lowest BCUT2D eigenvalue weighted by molar-refractivity contribution is -0.136. The maximum Gasteiger partial charge on any atom is 0.313 e. The first-order valence-electron chi connectivity index (χ1n) is 27.6. The molecule has 2 aliphatic rings. The van der Waals surface area contributed by atoms with Gasteiger partial charge in [-0.15, -0.1) is 11.3 Å². The molecule has 25 heteroatoms. The fraction of sp³-hybridized carbons (Fsp3) is 0.709. The molecule has 1 aromatic carbocycles. The van der Waals surface area contributed by atoms with Crippen molar-refractivity contribution in [3.05, 3.63) is 50.7 Å². The Morgan fingerprint density at radius 1 is 0.662 bits per heavy atom. The Labute approximate surface area is 472 Å². The summed E-state index contributed by atoms with van der Waals surface area (Å²) in [6.07, 6.45) is 3.86. The fourth-order valence-electron chi connectivity index (χ4n) is 7.91. The second-order valence-electron chi connectivity index (χ2n) is 19.9. The number of esters is 1. The fourth-order valence-corrected chi connectivity index (χ4v) is 9.02. The Morgan fingerprint density at radius 3 is 1.60 bits per heavy atom. The number of benzene rings is 1. The molecule has 0 radical (unpaired) electrons. The number of thiophene rings is 1. The molecule has 3 heterocycles. The quantitative estimate of drug-likeness (QED) is 0.0274. The summed E-state index contributed by atoms with van der Waals surface area (Å²) in [6, 6.07) is 2.12. The van der Waals surface area contributed by atoms with Crippen LogP contribution in [0.5, 0.6) is 5.75 Å². The van der Waals surface area contributed by atoms with Gasteiger partial charge in [-0.3, -0.25) is 24.2 Å². The average molecular weight is 1160 g/mol. The zero-order valence-electron chi connectivity index (χ0n) is 47.3. The molecule has 1 fully saturated rings. The van der Waals surface area contributed by atoms with Gasteiger partial charge in [0.2, 0.25) is 29.2 Å². The number of fused-ring (bicyclic) bond motifs is 1. The van der Waals surface area contributed by atoms with Gasteiger partial charge in [0.05, 0.1) is 149 Å². The van der Waals surface area contributed by atoms with E-state index in [4.69, 9.17) is 58.1 Å². The van der Waals surface area contributed by atoms with Gasteiger partial charge >= 0.3 is 5.97 Å². The van der Waals surface area contributed by atoms with E-state index >= 15 is 0 Å². The molecule has 0 unspecified atom stereocenters. The van der Waals surface area contributed by atoms with Crippen molar-refractivity contribution in [1.82, 2.24) is 20.0 Å². The van der Waals surface area contributed by atoms with Crippen molar-refractivity contribution >= 4 is 46.7 Å². The topological polar surface area (TPSA) is 213 Å². The highest BCUT2D eigenvalue weighted by Crippen LogP contribution is 2.36. The van der Waals surface area contributed by atoms with Gasteiger partial charge in [0, 0.05) is 88.3 Å². The lowest BCUT2D eigenvalue weighted by Crippen LogP contribution is -2.46. The van der Waals surface area contributed by atoms with Crippen LogP contribution in [-0.4, -0.2) is 223 Å². The van der Waals surface area contributed by atoms with Gasteiger partial charge < -0.3 is 68.1 Å². The van der Waals surface area contributed by atoms with Crippen molar-refractivity contribution in [3.63, 3.8) is 0 Å². The number of aliphatic imine (C=N–C) groups is 1. The van der Waals surface area contributed by atoms with Gasteiger partial charge in [0.25, 0.3) is 0 Å². The first-order valence-corrected chi connectivity index (χ1v) is 28.4. The van der Waals surface area contributed by atoms with E-state index in [0.29, 0.717) is 163 Å². The second-order valence-corrected chi connectivity index (χ2v) is 21.1. The number of halogens is 4. The standard InChI is InChI=1S/C55H86F4N6O14S/c1-5-9-65(10-6-8-61-49(66)40-55(2,3)4)54(68)42-36-47-46(62-48(60)37-42)38-43(80-47)41-64-13-11-63(12-14-64)15-17-70-19-21-72-23-25-74-27-29-76-31-33-78-35-34-77-32-30-75-28-26-73-24-22-71-20-18-69-16-7-50(67)79-53-51(58)44(56)39-45(57)52(53)59/h36,38-39H,5-35,37,40-41H2,1-4H3,(H2,60,62)(H,61,66). The van der Waals surface area contributed by atoms with E-state index in [1.165, 1.54) is 4.88 Å². The van der Waals surface area contributed by atoms with Crippen LogP contribution >= 0.6 is 11.3 Å². The zero-order chi connectivity index (χ0) is 57.8. The summed E-state index contributed by atoms with van der Waals surface area (Å²) >= 11 is 1.67. The van der Waals surface area contributed by atoms with Crippen LogP contribution in [0.15, 0.2) is 22.7 Å². The highest BCUT2D eigenvalue weighted by molar-refractivity contribution is 7.13. The molecule has 20 nitrogen and oxygen atoms in total. The summed E-state index contributed by atoms with van der Waals surface area (Å²) in [5.41, 5.74) is 7.75. The van der Waals surface area contributed by atoms with Crippen LogP contribution in [0.2, 0.25) is 0 Å². The van der Waals surface area contributed by atoms with Gasteiger partial charge in [0.1, 0.15) is 5.84 Å². The Kier molecular flexibility index (Phi) is 34.2. The Balaban J connectivity index is 0.863. The van der Waals surface area contributed by atoms with Crippen molar-refractivity contribution < 1.29 is 84.1 Å². The molecule has 454 valence electrons. The number of carbonyl (C=O) groups is 3. The van der Waals surface area contributed by atoms with Crippen molar-refractivity contribution in [2.75, 3.05) is 184 Å². The van der Waals surface area contributed by atoms with Gasteiger partial charge in [-0.25, -0.2) is 13.8 Å². The third-order valence-electron chi connectivity index (χ3n) is 11.9. The number of ether oxygens (including phenoxy) is 11. The maximum absolute atomic E-state index is 13.8. The molecule has 0 atom stereocenters. The molecule has 2 amide bonds. The number of nitrogens with two attached hydrogens (primary N) is 1. The Morgan fingerprint density at radius 2 is 1.12 bits per heavy atom. The number of amidine groups is 1. The largest absolute Gasteiger partial charge is 0.420 e. The highest BCUT2D eigenvalue weighted by atomic mass is 32.1. The van der Waals surface area contributed by atoms with Crippen LogP contribution in [0, 0.1) is 28.7 Å². The Bertz CT molecular complexity index is 2140. The molecule has 3 N–H and O–H groups in total. The summed E-state index contributed by atoms with van der Waals surface area (Å²) in [5.74, 6) is -9.07. The lowest BCUT2D eigenvalue weighted by atomic mass is 9.92. The first-order chi connectivity index (χ1) is 38.6. The molecule has 2 aliphatic heterocycles. The summed E-state index contributed by atoms with van der Waals surface area (Å²) in [7, 11) is 0. The third kappa shape index (κ3) is 29.2. The van der Waals surface area contributed by atoms with Gasteiger partial charge in [-0.2, -0.15) is 8.78 Å². The minimum absolute atomic E-state index is 0.0183. The summed E-state index contributed by atoms with van der Waals surface area (Å²) in [6.45, 7) is 23.0. The number of carbonyl (C=O) groups excluding carboxylic acids is 3. The van der Waals surface area contributed by atoms with Crippen molar-refractivity contribution in [3.8, 4) is 5.75 Å². The molecular formula is C55H86F4N6O14S. The van der Waals surface area contributed by atoms with Crippen molar-refractivity contribution in [2.45, 2.75) is 66.3 Å². The van der Waals surface area contributed by atoms with Gasteiger partial charge in [-0.05, 0) is 30.4 Å². The molecule has 0 aliphatic carbocycles. The molecule has 4 rings (SSSR count). The Hall–Kier alpha value is -4.22. The molecule has 80 heavy (non-hydrogen) atoms. The normalized spacial score (nSPS) is 14.2. The predicted octanol–water partition coefficient (Wildman–Crippen LogP) is 5.54. The lowest BCUT2D eigenvalue weighted by Gasteiger charge is -2.34. The SMILES string of the molecule is CCCN(CCCNC(=O)CC(C)(C)C)C(=O)C1=Cc2sc(CN3CCN(CCOCCOCCOCCOCCOCCOCCOCCOCCOCCOCCC(=O)Oc4c(F)c(F)cc(F)c4F)CC3)cc2N=C(N)C1. The highest BCUT2D eigenvalue weighted by Gasteiger charge is 2.25. The van der Waals surface area contributed by atoms with E-state index in [1.807, 2.05) is 31.7 Å². The molecule has 2 aromatic rings. The minimum Gasteiger partial charge on any atom is -0.420 e. The number of piperazine rings is 1. The van der Waals surface area contributed by atoms with E-state index in [1.54, 1.807) is 11.3 Å².